The molecule has 0 amide bonds. The van der Waals surface area contributed by atoms with Crippen molar-refractivity contribution >= 4 is 11.3 Å². The third-order valence-corrected chi connectivity index (χ3v) is 3.21. The molecule has 0 radical (unpaired) electrons. The summed E-state index contributed by atoms with van der Waals surface area (Å²) in [4.78, 5) is 1.17. The highest BCUT2D eigenvalue weighted by Gasteiger charge is 2.28. The zero-order chi connectivity index (χ0) is 9.90. The van der Waals surface area contributed by atoms with E-state index in [1.54, 1.807) is 11.3 Å². The van der Waals surface area contributed by atoms with Crippen molar-refractivity contribution in [3.63, 3.8) is 0 Å². The van der Waals surface area contributed by atoms with Gasteiger partial charge in [-0.2, -0.15) is 0 Å². The van der Waals surface area contributed by atoms with Gasteiger partial charge in [-0.15, -0.1) is 11.3 Å². The Balaban J connectivity index is 2.95. The van der Waals surface area contributed by atoms with Gasteiger partial charge in [0.2, 0.25) is 0 Å². The molecule has 0 fully saturated rings. The highest BCUT2D eigenvalue weighted by atomic mass is 32.1. The lowest BCUT2D eigenvalue weighted by molar-refractivity contribution is 0.0358. The number of thiophene rings is 1. The molecule has 1 aromatic rings. The molecule has 0 spiro atoms. The molecule has 1 heterocycles. The molecule has 0 aromatic carbocycles. The Morgan fingerprint density at radius 2 is 2.31 bits per heavy atom. The van der Waals surface area contributed by atoms with Crippen molar-refractivity contribution in [1.29, 1.82) is 0 Å². The monoisotopic (exact) mass is 199 g/mol. The lowest BCUT2D eigenvalue weighted by Gasteiger charge is -2.26. The Morgan fingerprint density at radius 1 is 1.62 bits per heavy atom. The van der Waals surface area contributed by atoms with Gasteiger partial charge in [0, 0.05) is 11.4 Å². The van der Waals surface area contributed by atoms with E-state index < -0.39 is 5.60 Å². The standard InChI is InChI=1S/C10H17NOS/c1-3-5-10(12,7-11)9-4-6-13-8(9)2/h4,6,12H,3,5,7,11H2,1-2H3. The molecule has 0 aliphatic rings. The van der Waals surface area contributed by atoms with Crippen molar-refractivity contribution in [3.8, 4) is 0 Å². The maximum Gasteiger partial charge on any atom is 0.103 e. The minimum atomic E-state index is -0.807. The third kappa shape index (κ3) is 2.10. The van der Waals surface area contributed by atoms with E-state index in [0.29, 0.717) is 6.54 Å². The second kappa shape index (κ2) is 4.22. The topological polar surface area (TPSA) is 46.2 Å². The third-order valence-electron chi connectivity index (χ3n) is 2.36. The predicted molar refractivity (Wildman–Crippen MR) is 56.9 cm³/mol. The van der Waals surface area contributed by atoms with E-state index in [4.69, 9.17) is 5.73 Å². The van der Waals surface area contributed by atoms with Crippen LogP contribution >= 0.6 is 11.3 Å². The summed E-state index contributed by atoms with van der Waals surface area (Å²) in [7, 11) is 0. The summed E-state index contributed by atoms with van der Waals surface area (Å²) in [6, 6.07) is 1.97. The fourth-order valence-corrected chi connectivity index (χ4v) is 2.42. The lowest BCUT2D eigenvalue weighted by Crippen LogP contribution is -2.34. The Labute approximate surface area is 83.4 Å². The van der Waals surface area contributed by atoms with Crippen LogP contribution in [0.4, 0.5) is 0 Å². The highest BCUT2D eigenvalue weighted by molar-refractivity contribution is 7.10. The molecule has 1 rings (SSSR count). The molecule has 3 heteroatoms. The first-order valence-corrected chi connectivity index (χ1v) is 5.49. The van der Waals surface area contributed by atoms with Gasteiger partial charge in [-0.25, -0.2) is 0 Å². The van der Waals surface area contributed by atoms with Gasteiger partial charge in [-0.3, -0.25) is 0 Å². The van der Waals surface area contributed by atoms with Crippen LogP contribution in [-0.2, 0) is 5.60 Å². The van der Waals surface area contributed by atoms with Crippen LogP contribution in [0.1, 0.15) is 30.2 Å². The van der Waals surface area contributed by atoms with E-state index >= 15 is 0 Å². The van der Waals surface area contributed by atoms with Crippen molar-refractivity contribution in [2.75, 3.05) is 6.54 Å². The van der Waals surface area contributed by atoms with Gasteiger partial charge in [-0.05, 0) is 30.4 Å². The van der Waals surface area contributed by atoms with Crippen LogP contribution in [0.3, 0.4) is 0 Å². The van der Waals surface area contributed by atoms with Crippen molar-refractivity contribution in [2.24, 2.45) is 5.73 Å². The maximum atomic E-state index is 10.2. The van der Waals surface area contributed by atoms with Crippen LogP contribution in [0, 0.1) is 6.92 Å². The summed E-state index contributed by atoms with van der Waals surface area (Å²) < 4.78 is 0. The molecule has 2 nitrogen and oxygen atoms in total. The molecule has 1 aromatic heterocycles. The summed E-state index contributed by atoms with van der Waals surface area (Å²) in [5, 5.41) is 12.2. The zero-order valence-electron chi connectivity index (χ0n) is 8.21. The van der Waals surface area contributed by atoms with E-state index in [9.17, 15) is 5.11 Å². The van der Waals surface area contributed by atoms with Gasteiger partial charge < -0.3 is 10.8 Å². The molecule has 0 saturated carbocycles. The first kappa shape index (κ1) is 10.7. The van der Waals surface area contributed by atoms with E-state index in [1.807, 2.05) is 18.4 Å². The molecular weight excluding hydrogens is 182 g/mol. The predicted octanol–water partition coefficient (Wildman–Crippen LogP) is 2.00. The number of nitrogens with two attached hydrogens (primary N) is 1. The van der Waals surface area contributed by atoms with Crippen LogP contribution < -0.4 is 5.73 Å². The average Bonchev–Trinajstić information content (AvgIpc) is 2.52. The normalized spacial score (nSPS) is 15.7. The summed E-state index contributed by atoms with van der Waals surface area (Å²) in [6.45, 7) is 4.39. The molecule has 3 N–H and O–H groups in total. The molecule has 74 valence electrons. The summed E-state index contributed by atoms with van der Waals surface area (Å²) >= 11 is 1.66. The first-order chi connectivity index (χ1) is 6.14. The lowest BCUT2D eigenvalue weighted by atomic mass is 9.90. The van der Waals surface area contributed by atoms with Crippen LogP contribution in [0.25, 0.3) is 0 Å². The molecule has 0 aliphatic heterocycles. The van der Waals surface area contributed by atoms with Crippen molar-refractivity contribution in [2.45, 2.75) is 32.3 Å². The first-order valence-electron chi connectivity index (χ1n) is 4.61. The molecule has 0 bridgehead atoms. The molecule has 13 heavy (non-hydrogen) atoms. The minimum absolute atomic E-state index is 0.304. The van der Waals surface area contributed by atoms with Gasteiger partial charge in [0.05, 0.1) is 0 Å². The summed E-state index contributed by atoms with van der Waals surface area (Å²) in [6.07, 6.45) is 1.68. The van der Waals surface area contributed by atoms with Gasteiger partial charge in [0.1, 0.15) is 5.60 Å². The second-order valence-corrected chi connectivity index (χ2v) is 4.50. The van der Waals surface area contributed by atoms with Crippen molar-refractivity contribution in [1.82, 2.24) is 0 Å². The Kier molecular flexibility index (Phi) is 3.47. The van der Waals surface area contributed by atoms with Crippen molar-refractivity contribution in [3.05, 3.63) is 21.9 Å². The Hall–Kier alpha value is -0.380. The number of rotatable bonds is 4. The largest absolute Gasteiger partial charge is 0.384 e. The fraction of sp³-hybridized carbons (Fsp3) is 0.600. The number of hydrogen-bond donors (Lipinski definition) is 2. The second-order valence-electron chi connectivity index (χ2n) is 3.38. The quantitative estimate of drug-likeness (QED) is 0.779. The molecule has 1 unspecified atom stereocenters. The number of aliphatic hydroxyl groups is 1. The van der Waals surface area contributed by atoms with Crippen LogP contribution in [0.2, 0.25) is 0 Å². The van der Waals surface area contributed by atoms with Gasteiger partial charge in [0.15, 0.2) is 0 Å². The zero-order valence-corrected chi connectivity index (χ0v) is 9.03. The number of aryl methyl sites for hydroxylation is 1. The van der Waals surface area contributed by atoms with Crippen LogP contribution in [0.15, 0.2) is 11.4 Å². The smallest absolute Gasteiger partial charge is 0.103 e. The van der Waals surface area contributed by atoms with E-state index in [0.717, 1.165) is 18.4 Å². The van der Waals surface area contributed by atoms with Crippen molar-refractivity contribution < 1.29 is 5.11 Å². The number of hydrogen-bond acceptors (Lipinski definition) is 3. The molecular formula is C10H17NOS. The van der Waals surface area contributed by atoms with Gasteiger partial charge in [0.25, 0.3) is 0 Å². The molecule has 1 atom stereocenters. The van der Waals surface area contributed by atoms with E-state index in [1.165, 1.54) is 4.88 Å². The Morgan fingerprint density at radius 3 is 2.69 bits per heavy atom. The summed E-state index contributed by atoms with van der Waals surface area (Å²) in [5.41, 5.74) is 5.80. The minimum Gasteiger partial charge on any atom is -0.384 e. The van der Waals surface area contributed by atoms with E-state index in [2.05, 4.69) is 6.92 Å². The fourth-order valence-electron chi connectivity index (χ4n) is 1.63. The Bertz CT molecular complexity index is 272. The molecule has 0 saturated heterocycles. The van der Waals surface area contributed by atoms with Gasteiger partial charge >= 0.3 is 0 Å². The van der Waals surface area contributed by atoms with Crippen LogP contribution in [0.5, 0.6) is 0 Å². The summed E-state index contributed by atoms with van der Waals surface area (Å²) in [5.74, 6) is 0. The molecule has 0 aliphatic carbocycles. The van der Waals surface area contributed by atoms with E-state index in [-0.39, 0.29) is 0 Å². The average molecular weight is 199 g/mol. The SMILES string of the molecule is CCCC(O)(CN)c1ccsc1C. The highest BCUT2D eigenvalue weighted by Crippen LogP contribution is 2.30. The van der Waals surface area contributed by atoms with Crippen LogP contribution in [-0.4, -0.2) is 11.7 Å². The van der Waals surface area contributed by atoms with Gasteiger partial charge in [-0.1, -0.05) is 13.3 Å². The maximum absolute atomic E-state index is 10.2.